The van der Waals surface area contributed by atoms with Crippen molar-refractivity contribution < 1.29 is 9.21 Å². The van der Waals surface area contributed by atoms with Crippen LogP contribution in [0.3, 0.4) is 0 Å². The molecule has 1 amide bonds. The maximum Gasteiger partial charge on any atom is 0.227 e. The highest BCUT2D eigenvalue weighted by atomic mass is 127. The van der Waals surface area contributed by atoms with Crippen LogP contribution in [0.4, 0.5) is 5.82 Å². The van der Waals surface area contributed by atoms with Crippen LogP contribution in [0.25, 0.3) is 0 Å². The summed E-state index contributed by atoms with van der Waals surface area (Å²) in [6.45, 7) is 7.90. The number of aryl methyl sites for hydroxylation is 1. The standard InChI is InChI=1S/C23H34N6O2.HI/c1-3-24-23(25-13-12-22(30)28-21-11-7-9-18(2)27-21)26-17-19(20-10-8-16-31-20)29-14-5-4-6-15-29;/h7-11,16,19H,3-6,12-15,17H2,1-2H3,(H2,24,25,26)(H,27,28,30);1H. The third-order valence-electron chi connectivity index (χ3n) is 5.27. The van der Waals surface area contributed by atoms with E-state index in [-0.39, 0.29) is 35.9 Å². The van der Waals surface area contributed by atoms with Crippen molar-refractivity contribution in [3.63, 3.8) is 0 Å². The summed E-state index contributed by atoms with van der Waals surface area (Å²) in [7, 11) is 0. The second-order valence-corrected chi connectivity index (χ2v) is 7.74. The van der Waals surface area contributed by atoms with Crippen molar-refractivity contribution in [2.24, 2.45) is 4.99 Å². The second kappa shape index (κ2) is 14.1. The molecule has 9 heteroatoms. The summed E-state index contributed by atoms with van der Waals surface area (Å²) in [5.74, 6) is 2.15. The molecule has 1 fully saturated rings. The molecular formula is C23H35IN6O2. The molecule has 176 valence electrons. The molecule has 8 nitrogen and oxygen atoms in total. The molecular weight excluding hydrogens is 519 g/mol. The molecule has 3 heterocycles. The Labute approximate surface area is 207 Å². The van der Waals surface area contributed by atoms with Gasteiger partial charge in [0, 0.05) is 25.2 Å². The van der Waals surface area contributed by atoms with E-state index in [9.17, 15) is 4.79 Å². The van der Waals surface area contributed by atoms with Crippen molar-refractivity contribution in [1.82, 2.24) is 20.5 Å². The van der Waals surface area contributed by atoms with Gasteiger partial charge in [-0.3, -0.25) is 14.7 Å². The number of piperidine rings is 1. The van der Waals surface area contributed by atoms with E-state index in [1.54, 1.807) is 12.3 Å². The molecule has 0 spiro atoms. The molecule has 2 aromatic heterocycles. The van der Waals surface area contributed by atoms with Crippen LogP contribution in [-0.4, -0.2) is 54.5 Å². The molecule has 32 heavy (non-hydrogen) atoms. The van der Waals surface area contributed by atoms with Crippen LogP contribution in [0.15, 0.2) is 46.0 Å². The molecule has 0 bridgehead atoms. The lowest BCUT2D eigenvalue weighted by atomic mass is 10.1. The summed E-state index contributed by atoms with van der Waals surface area (Å²) in [4.78, 5) is 23.8. The number of nitrogens with one attached hydrogen (secondary N) is 3. The number of halogens is 1. The number of guanidine groups is 1. The number of anilines is 1. The molecule has 0 aliphatic carbocycles. The summed E-state index contributed by atoms with van der Waals surface area (Å²) in [5, 5.41) is 9.35. The Hall–Kier alpha value is -2.14. The van der Waals surface area contributed by atoms with Gasteiger partial charge in [-0.1, -0.05) is 12.5 Å². The number of carbonyl (C=O) groups is 1. The van der Waals surface area contributed by atoms with Crippen molar-refractivity contribution in [3.8, 4) is 0 Å². The lowest BCUT2D eigenvalue weighted by Crippen LogP contribution is -2.40. The Bertz CT molecular complexity index is 837. The Kier molecular flexibility index (Phi) is 11.5. The maximum absolute atomic E-state index is 12.2. The molecule has 3 N–H and O–H groups in total. The molecule has 0 radical (unpaired) electrons. The number of hydrogen-bond acceptors (Lipinski definition) is 5. The van der Waals surface area contributed by atoms with Gasteiger partial charge in [0.15, 0.2) is 5.96 Å². The first-order valence-corrected chi connectivity index (χ1v) is 11.2. The highest BCUT2D eigenvalue weighted by Crippen LogP contribution is 2.25. The molecule has 1 aliphatic rings. The van der Waals surface area contributed by atoms with Gasteiger partial charge in [-0.25, -0.2) is 4.98 Å². The van der Waals surface area contributed by atoms with Crippen molar-refractivity contribution >= 4 is 41.7 Å². The first-order chi connectivity index (χ1) is 15.2. The monoisotopic (exact) mass is 554 g/mol. The third kappa shape index (κ3) is 8.42. The van der Waals surface area contributed by atoms with Crippen LogP contribution in [0.2, 0.25) is 0 Å². The Morgan fingerprint density at radius 3 is 2.69 bits per heavy atom. The number of likely N-dealkylation sites (tertiary alicyclic amines) is 1. The van der Waals surface area contributed by atoms with Gasteiger partial charge in [0.05, 0.1) is 18.8 Å². The minimum Gasteiger partial charge on any atom is -0.468 e. The van der Waals surface area contributed by atoms with Gasteiger partial charge in [-0.05, 0) is 64.0 Å². The molecule has 0 aromatic carbocycles. The minimum atomic E-state index is -0.0803. The maximum atomic E-state index is 12.2. The first kappa shape index (κ1) is 26.1. The fraction of sp³-hybridized carbons (Fsp3) is 0.522. The number of rotatable bonds is 9. The van der Waals surface area contributed by atoms with E-state index < -0.39 is 0 Å². The van der Waals surface area contributed by atoms with Gasteiger partial charge in [0.2, 0.25) is 5.91 Å². The SMILES string of the molecule is CCNC(=NCC(c1ccco1)N1CCCCC1)NCCC(=O)Nc1cccc(C)n1.I. The summed E-state index contributed by atoms with van der Waals surface area (Å²) in [6.07, 6.45) is 5.76. The Balaban J connectivity index is 0.00000363. The van der Waals surface area contributed by atoms with E-state index in [0.29, 0.717) is 31.3 Å². The summed E-state index contributed by atoms with van der Waals surface area (Å²) < 4.78 is 5.71. The normalized spacial score (nSPS) is 15.5. The average molecular weight is 554 g/mol. The zero-order chi connectivity index (χ0) is 21.9. The predicted molar refractivity (Wildman–Crippen MR) is 138 cm³/mol. The zero-order valence-electron chi connectivity index (χ0n) is 19.0. The van der Waals surface area contributed by atoms with Gasteiger partial charge < -0.3 is 20.4 Å². The van der Waals surface area contributed by atoms with Gasteiger partial charge in [0.25, 0.3) is 0 Å². The number of furan rings is 1. The molecule has 1 unspecified atom stereocenters. The highest BCUT2D eigenvalue weighted by Gasteiger charge is 2.24. The van der Waals surface area contributed by atoms with Crippen LogP contribution in [-0.2, 0) is 4.79 Å². The molecule has 2 aromatic rings. The zero-order valence-corrected chi connectivity index (χ0v) is 21.3. The second-order valence-electron chi connectivity index (χ2n) is 7.74. The third-order valence-corrected chi connectivity index (χ3v) is 5.27. The van der Waals surface area contributed by atoms with Crippen molar-refractivity contribution in [3.05, 3.63) is 48.0 Å². The van der Waals surface area contributed by atoms with Crippen LogP contribution in [0, 0.1) is 6.92 Å². The Morgan fingerprint density at radius 2 is 2.00 bits per heavy atom. The van der Waals surface area contributed by atoms with Crippen molar-refractivity contribution in [2.75, 3.05) is 38.0 Å². The number of nitrogens with zero attached hydrogens (tertiary/aromatic N) is 3. The number of pyridine rings is 1. The largest absolute Gasteiger partial charge is 0.468 e. The van der Waals surface area contributed by atoms with E-state index in [2.05, 4.69) is 25.8 Å². The topological polar surface area (TPSA) is 94.8 Å². The van der Waals surface area contributed by atoms with Gasteiger partial charge >= 0.3 is 0 Å². The molecule has 0 saturated carbocycles. The minimum absolute atomic E-state index is 0. The number of amides is 1. The van der Waals surface area contributed by atoms with Crippen LogP contribution >= 0.6 is 24.0 Å². The lowest BCUT2D eigenvalue weighted by Gasteiger charge is -2.32. The fourth-order valence-electron chi connectivity index (χ4n) is 3.73. The van der Waals surface area contributed by atoms with Crippen molar-refractivity contribution in [2.45, 2.75) is 45.6 Å². The van der Waals surface area contributed by atoms with Crippen LogP contribution < -0.4 is 16.0 Å². The molecule has 1 atom stereocenters. The van der Waals surface area contributed by atoms with Crippen LogP contribution in [0.5, 0.6) is 0 Å². The molecule has 3 rings (SSSR count). The smallest absolute Gasteiger partial charge is 0.227 e. The van der Waals surface area contributed by atoms with Crippen molar-refractivity contribution in [1.29, 1.82) is 0 Å². The molecule has 1 saturated heterocycles. The number of hydrogen-bond donors (Lipinski definition) is 3. The highest BCUT2D eigenvalue weighted by molar-refractivity contribution is 14.0. The number of carbonyl (C=O) groups excluding carboxylic acids is 1. The van der Waals surface area contributed by atoms with Gasteiger partial charge in [-0.2, -0.15) is 0 Å². The predicted octanol–water partition coefficient (Wildman–Crippen LogP) is 3.71. The summed E-state index contributed by atoms with van der Waals surface area (Å²) in [6, 6.07) is 9.65. The number of aliphatic imine (C=N–C) groups is 1. The Morgan fingerprint density at radius 1 is 1.19 bits per heavy atom. The quantitative estimate of drug-likeness (QED) is 0.249. The first-order valence-electron chi connectivity index (χ1n) is 11.2. The lowest BCUT2D eigenvalue weighted by molar-refractivity contribution is -0.116. The van der Waals surface area contributed by atoms with E-state index in [1.807, 2.05) is 38.1 Å². The van der Waals surface area contributed by atoms with Gasteiger partial charge in [0.1, 0.15) is 11.6 Å². The van der Waals surface area contributed by atoms with E-state index >= 15 is 0 Å². The average Bonchev–Trinajstić information content (AvgIpc) is 3.29. The number of aromatic nitrogens is 1. The van der Waals surface area contributed by atoms with E-state index in [4.69, 9.17) is 9.41 Å². The summed E-state index contributed by atoms with van der Waals surface area (Å²) >= 11 is 0. The molecule has 1 aliphatic heterocycles. The van der Waals surface area contributed by atoms with Crippen LogP contribution in [0.1, 0.15) is 50.1 Å². The fourth-order valence-corrected chi connectivity index (χ4v) is 3.73. The van der Waals surface area contributed by atoms with Gasteiger partial charge in [-0.15, -0.1) is 24.0 Å². The van der Waals surface area contributed by atoms with E-state index in [0.717, 1.165) is 31.1 Å². The van der Waals surface area contributed by atoms with E-state index in [1.165, 1.54) is 19.3 Å². The summed E-state index contributed by atoms with van der Waals surface area (Å²) in [5.41, 5.74) is 0.873.